The van der Waals surface area contributed by atoms with Crippen LogP contribution in [0.2, 0.25) is 0 Å². The summed E-state index contributed by atoms with van der Waals surface area (Å²) in [5.41, 5.74) is 4.92. The smallest absolute Gasteiger partial charge is 0.293 e. The summed E-state index contributed by atoms with van der Waals surface area (Å²) >= 11 is 0. The maximum atomic E-state index is 11.9. The van der Waals surface area contributed by atoms with E-state index in [0.29, 0.717) is 13.0 Å². The summed E-state index contributed by atoms with van der Waals surface area (Å²) in [7, 11) is -2.20. The van der Waals surface area contributed by atoms with Gasteiger partial charge in [0.2, 0.25) is 10.0 Å². The van der Waals surface area contributed by atoms with Crippen LogP contribution in [0, 0.1) is 10.1 Å². The molecule has 0 aliphatic carbocycles. The molecule has 0 fully saturated rings. The SMILES string of the molecule is COCCCCNS(=O)(=O)c1ccc(N)c([N+](=O)[O-])c1. The summed E-state index contributed by atoms with van der Waals surface area (Å²) in [6.45, 7) is 0.791. The van der Waals surface area contributed by atoms with Gasteiger partial charge in [-0.3, -0.25) is 10.1 Å². The molecule has 8 nitrogen and oxygen atoms in total. The lowest BCUT2D eigenvalue weighted by Gasteiger charge is -2.07. The molecule has 0 radical (unpaired) electrons. The van der Waals surface area contributed by atoms with Gasteiger partial charge in [0.1, 0.15) is 5.69 Å². The number of nitrogens with one attached hydrogen (secondary N) is 1. The number of nitrogens with zero attached hydrogens (tertiary/aromatic N) is 1. The predicted octanol–water partition coefficient (Wildman–Crippen LogP) is 0.882. The predicted molar refractivity (Wildman–Crippen MR) is 73.8 cm³/mol. The molecule has 1 aromatic carbocycles. The number of unbranched alkanes of at least 4 members (excludes halogenated alkanes) is 1. The zero-order valence-electron chi connectivity index (χ0n) is 11.0. The monoisotopic (exact) mass is 303 g/mol. The topological polar surface area (TPSA) is 125 Å². The Morgan fingerprint density at radius 3 is 2.70 bits per heavy atom. The molecule has 112 valence electrons. The maximum Gasteiger partial charge on any atom is 0.293 e. The Hall–Kier alpha value is -1.71. The highest BCUT2D eigenvalue weighted by atomic mass is 32.2. The zero-order chi connectivity index (χ0) is 15.2. The van der Waals surface area contributed by atoms with Crippen molar-refractivity contribution in [1.29, 1.82) is 0 Å². The molecule has 0 aliphatic rings. The number of benzene rings is 1. The van der Waals surface area contributed by atoms with Crippen molar-refractivity contribution in [2.24, 2.45) is 0 Å². The molecule has 0 atom stereocenters. The van der Waals surface area contributed by atoms with Crippen LogP contribution in [-0.4, -0.2) is 33.6 Å². The fourth-order valence-electron chi connectivity index (χ4n) is 1.51. The Morgan fingerprint density at radius 2 is 2.10 bits per heavy atom. The van der Waals surface area contributed by atoms with Gasteiger partial charge < -0.3 is 10.5 Å². The number of methoxy groups -OCH3 is 1. The van der Waals surface area contributed by atoms with E-state index < -0.39 is 20.6 Å². The van der Waals surface area contributed by atoms with E-state index in [9.17, 15) is 18.5 Å². The first-order valence-electron chi connectivity index (χ1n) is 5.91. The highest BCUT2D eigenvalue weighted by Crippen LogP contribution is 2.24. The summed E-state index contributed by atoms with van der Waals surface area (Å²) < 4.78 is 31.1. The molecule has 0 saturated heterocycles. The molecule has 3 N–H and O–H groups in total. The van der Waals surface area contributed by atoms with Crippen LogP contribution < -0.4 is 10.5 Å². The minimum absolute atomic E-state index is 0.0750. The fraction of sp³-hybridized carbons (Fsp3) is 0.455. The Labute approximate surface area is 117 Å². The van der Waals surface area contributed by atoms with Crippen molar-refractivity contribution in [1.82, 2.24) is 4.72 Å². The summed E-state index contributed by atoms with van der Waals surface area (Å²) in [4.78, 5) is 9.84. The fourth-order valence-corrected chi connectivity index (χ4v) is 2.60. The molecular weight excluding hydrogens is 286 g/mol. The van der Waals surface area contributed by atoms with Crippen molar-refractivity contribution in [3.05, 3.63) is 28.3 Å². The van der Waals surface area contributed by atoms with Crippen LogP contribution in [0.1, 0.15) is 12.8 Å². The molecular formula is C11H17N3O5S. The summed E-state index contributed by atoms with van der Waals surface area (Å²) in [6, 6.07) is 3.39. The van der Waals surface area contributed by atoms with Crippen LogP contribution in [0.3, 0.4) is 0 Å². The number of hydrogen-bond acceptors (Lipinski definition) is 6. The van der Waals surface area contributed by atoms with Crippen LogP contribution in [0.4, 0.5) is 11.4 Å². The van der Waals surface area contributed by atoms with Gasteiger partial charge in [-0.2, -0.15) is 0 Å². The molecule has 9 heteroatoms. The second-order valence-electron chi connectivity index (χ2n) is 4.08. The van der Waals surface area contributed by atoms with E-state index in [1.54, 1.807) is 7.11 Å². The number of sulfonamides is 1. The number of nitrogens with two attached hydrogens (primary N) is 1. The molecule has 0 spiro atoms. The molecule has 0 unspecified atom stereocenters. The molecule has 0 aromatic heterocycles. The van der Waals surface area contributed by atoms with E-state index in [0.717, 1.165) is 12.5 Å². The van der Waals surface area contributed by atoms with Crippen LogP contribution in [0.25, 0.3) is 0 Å². The third kappa shape index (κ3) is 4.44. The van der Waals surface area contributed by atoms with E-state index >= 15 is 0 Å². The molecule has 0 heterocycles. The van der Waals surface area contributed by atoms with Gasteiger partial charge in [-0.15, -0.1) is 0 Å². The number of nitro benzene ring substituents is 1. The largest absolute Gasteiger partial charge is 0.393 e. The number of hydrogen-bond donors (Lipinski definition) is 2. The van der Waals surface area contributed by atoms with Crippen molar-refractivity contribution in [3.63, 3.8) is 0 Å². The first-order valence-corrected chi connectivity index (χ1v) is 7.39. The molecule has 20 heavy (non-hydrogen) atoms. The average molecular weight is 303 g/mol. The Kier molecular flexibility index (Phi) is 5.86. The average Bonchev–Trinajstić information content (AvgIpc) is 2.38. The first kappa shape index (κ1) is 16.3. The third-order valence-corrected chi connectivity index (χ3v) is 4.03. The molecule has 0 aliphatic heterocycles. The zero-order valence-corrected chi connectivity index (χ0v) is 11.9. The second-order valence-corrected chi connectivity index (χ2v) is 5.84. The van der Waals surface area contributed by atoms with Crippen LogP contribution in [0.15, 0.2) is 23.1 Å². The van der Waals surface area contributed by atoms with Gasteiger partial charge in [-0.1, -0.05) is 0 Å². The quantitative estimate of drug-likeness (QED) is 0.318. The van der Waals surface area contributed by atoms with Crippen molar-refractivity contribution < 1.29 is 18.1 Å². The van der Waals surface area contributed by atoms with Crippen molar-refractivity contribution >= 4 is 21.4 Å². The van der Waals surface area contributed by atoms with Crippen molar-refractivity contribution in [3.8, 4) is 0 Å². The minimum atomic E-state index is -3.77. The molecule has 1 rings (SSSR count). The highest BCUT2D eigenvalue weighted by molar-refractivity contribution is 7.89. The highest BCUT2D eigenvalue weighted by Gasteiger charge is 2.19. The van der Waals surface area contributed by atoms with E-state index in [4.69, 9.17) is 10.5 Å². The van der Waals surface area contributed by atoms with Gasteiger partial charge in [0.15, 0.2) is 0 Å². The third-order valence-electron chi connectivity index (χ3n) is 2.58. The number of nitrogen functional groups attached to an aromatic ring is 1. The molecule has 0 amide bonds. The van der Waals surface area contributed by atoms with Gasteiger partial charge in [0, 0.05) is 26.3 Å². The van der Waals surface area contributed by atoms with Crippen molar-refractivity contribution in [2.45, 2.75) is 17.7 Å². The van der Waals surface area contributed by atoms with E-state index in [1.165, 1.54) is 12.1 Å². The minimum Gasteiger partial charge on any atom is -0.393 e. The summed E-state index contributed by atoms with van der Waals surface area (Å²) in [5.74, 6) is 0. The van der Waals surface area contributed by atoms with Gasteiger partial charge in [0.05, 0.1) is 9.82 Å². The van der Waals surface area contributed by atoms with E-state index in [2.05, 4.69) is 4.72 Å². The molecule has 0 saturated carbocycles. The number of nitro groups is 1. The summed E-state index contributed by atoms with van der Waals surface area (Å²) in [6.07, 6.45) is 1.34. The van der Waals surface area contributed by atoms with Crippen LogP contribution >= 0.6 is 0 Å². The van der Waals surface area contributed by atoms with Crippen molar-refractivity contribution in [2.75, 3.05) is 26.0 Å². The van der Waals surface area contributed by atoms with Crippen LogP contribution in [-0.2, 0) is 14.8 Å². The lowest BCUT2D eigenvalue weighted by atomic mass is 10.3. The molecule has 0 bridgehead atoms. The number of rotatable bonds is 8. The lowest BCUT2D eigenvalue weighted by molar-refractivity contribution is -0.384. The maximum absolute atomic E-state index is 11.9. The van der Waals surface area contributed by atoms with Gasteiger partial charge in [0.25, 0.3) is 5.69 Å². The van der Waals surface area contributed by atoms with E-state index in [1.807, 2.05) is 0 Å². The normalized spacial score (nSPS) is 11.4. The van der Waals surface area contributed by atoms with Gasteiger partial charge in [-0.05, 0) is 25.0 Å². The number of anilines is 1. The Morgan fingerprint density at radius 1 is 1.40 bits per heavy atom. The number of ether oxygens (including phenoxy) is 1. The summed E-state index contributed by atoms with van der Waals surface area (Å²) in [5, 5.41) is 10.7. The Balaban J connectivity index is 2.77. The van der Waals surface area contributed by atoms with Crippen LogP contribution in [0.5, 0.6) is 0 Å². The standard InChI is InChI=1S/C11H17N3O5S/c1-19-7-3-2-6-13-20(17,18)9-4-5-10(12)11(8-9)14(15)16/h4-5,8,13H,2-3,6-7,12H2,1H3. The molecule has 1 aromatic rings. The Bertz CT molecular complexity index is 573. The van der Waals surface area contributed by atoms with Gasteiger partial charge in [-0.25, -0.2) is 13.1 Å². The van der Waals surface area contributed by atoms with Gasteiger partial charge >= 0.3 is 0 Å². The van der Waals surface area contributed by atoms with E-state index in [-0.39, 0.29) is 17.1 Å². The second kappa shape index (κ2) is 7.17. The first-order chi connectivity index (χ1) is 9.38. The lowest BCUT2D eigenvalue weighted by Crippen LogP contribution is -2.25.